The third-order valence-corrected chi connectivity index (χ3v) is 3.13. The number of nitrogen functional groups attached to an aromatic ring is 1. The minimum atomic E-state index is -0.483. The number of amides is 1. The van der Waals surface area contributed by atoms with Crippen LogP contribution in [0.2, 0.25) is 0 Å². The number of hydrogen-bond acceptors (Lipinski definition) is 8. The lowest BCUT2D eigenvalue weighted by Gasteiger charge is -2.06. The number of carbonyl (C=O) groups excluding carboxylic acids is 1. The minimum Gasteiger partial charge on any atom is -0.400 e. The van der Waals surface area contributed by atoms with Crippen molar-refractivity contribution in [3.8, 4) is 0 Å². The number of fused-ring (bicyclic) bond motifs is 1. The zero-order valence-corrected chi connectivity index (χ0v) is 15.4. The summed E-state index contributed by atoms with van der Waals surface area (Å²) in [5.74, 6) is -0.486. The van der Waals surface area contributed by atoms with Gasteiger partial charge in [0.15, 0.2) is 11.2 Å². The lowest BCUT2D eigenvalue weighted by molar-refractivity contribution is 0.100. The number of nitrogens with zero attached hydrogens (tertiary/aromatic N) is 3. The number of nitrogens with two attached hydrogens (primary N) is 2. The molecule has 3 aromatic rings. The van der Waals surface area contributed by atoms with Crippen LogP contribution in [-0.2, 0) is 6.54 Å². The molecule has 7 N–H and O–H groups in total. The number of primary amides is 1. The van der Waals surface area contributed by atoms with Crippen molar-refractivity contribution in [2.24, 2.45) is 5.73 Å². The van der Waals surface area contributed by atoms with Gasteiger partial charge in [-0.05, 0) is 24.3 Å². The molecule has 1 aromatic carbocycles. The highest BCUT2D eigenvalue weighted by Gasteiger charge is 2.07. The SMILES string of the molecule is CC.CO.NC(=O)c1ccc(NCc2cnc3nc(N)[nH]c(=O)c3n2)cc1. The maximum absolute atomic E-state index is 11.8. The lowest BCUT2D eigenvalue weighted by atomic mass is 10.2. The smallest absolute Gasteiger partial charge is 0.280 e. The summed E-state index contributed by atoms with van der Waals surface area (Å²) in [5, 5.41) is 10.1. The fourth-order valence-corrected chi connectivity index (χ4v) is 2.00. The molecule has 3 rings (SSSR count). The molecule has 2 heterocycles. The number of aliphatic hydroxyl groups excluding tert-OH is 1. The largest absolute Gasteiger partial charge is 0.400 e. The molecule has 1 amide bonds. The van der Waals surface area contributed by atoms with Crippen molar-refractivity contribution in [3.05, 3.63) is 52.1 Å². The Kier molecular flexibility index (Phi) is 8.33. The molecule has 0 saturated heterocycles. The number of anilines is 2. The van der Waals surface area contributed by atoms with Gasteiger partial charge in [0.05, 0.1) is 18.4 Å². The second-order valence-corrected chi connectivity index (χ2v) is 4.78. The number of carbonyl (C=O) groups is 1. The molecule has 0 saturated carbocycles. The predicted molar refractivity (Wildman–Crippen MR) is 104 cm³/mol. The molecule has 0 unspecified atom stereocenters. The van der Waals surface area contributed by atoms with Gasteiger partial charge >= 0.3 is 0 Å². The fraction of sp³-hybridized carbons (Fsp3) is 0.235. The molecule has 10 nitrogen and oxygen atoms in total. The Morgan fingerprint density at radius 3 is 2.41 bits per heavy atom. The van der Waals surface area contributed by atoms with Crippen molar-refractivity contribution < 1.29 is 9.90 Å². The quantitative estimate of drug-likeness (QED) is 0.443. The fourth-order valence-electron chi connectivity index (χ4n) is 2.00. The standard InChI is InChI=1S/C14H13N7O2.C2H6.CH4O/c15-11(22)7-1-3-8(4-2-7)17-5-9-6-18-12-10(19-9)13(23)21-14(16)20-12;2*1-2/h1-4,6,17H,5H2,(H2,15,22)(H3,16,18,20,21,23);1-2H3;2H,1H3. The van der Waals surface area contributed by atoms with Gasteiger partial charge in [0.1, 0.15) is 0 Å². The molecule has 10 heteroatoms. The van der Waals surface area contributed by atoms with Gasteiger partial charge in [-0.15, -0.1) is 0 Å². The molecule has 27 heavy (non-hydrogen) atoms. The van der Waals surface area contributed by atoms with E-state index < -0.39 is 11.5 Å². The van der Waals surface area contributed by atoms with Crippen LogP contribution in [0.5, 0.6) is 0 Å². The molecule has 0 radical (unpaired) electrons. The van der Waals surface area contributed by atoms with E-state index in [0.717, 1.165) is 12.8 Å². The molecule has 0 aliphatic carbocycles. The number of nitrogens with one attached hydrogen (secondary N) is 2. The van der Waals surface area contributed by atoms with Crippen LogP contribution < -0.4 is 22.3 Å². The Labute approximate surface area is 155 Å². The van der Waals surface area contributed by atoms with Crippen LogP contribution in [0, 0.1) is 0 Å². The van der Waals surface area contributed by atoms with Crippen molar-refractivity contribution in [1.82, 2.24) is 19.9 Å². The predicted octanol–water partition coefficient (Wildman–Crippen LogP) is 0.641. The molecule has 0 aliphatic heterocycles. The lowest BCUT2D eigenvalue weighted by Crippen LogP contribution is -2.15. The Morgan fingerprint density at radius 2 is 1.81 bits per heavy atom. The van der Waals surface area contributed by atoms with Gasteiger partial charge in [0.2, 0.25) is 11.9 Å². The van der Waals surface area contributed by atoms with Crippen LogP contribution in [0.1, 0.15) is 29.9 Å². The second kappa shape index (κ2) is 10.5. The monoisotopic (exact) mass is 373 g/mol. The van der Waals surface area contributed by atoms with Crippen molar-refractivity contribution in [2.75, 3.05) is 18.2 Å². The first-order valence-electron chi connectivity index (χ1n) is 8.13. The van der Waals surface area contributed by atoms with E-state index in [0.29, 0.717) is 17.8 Å². The Hall–Kier alpha value is -3.53. The first-order chi connectivity index (χ1) is 13.0. The highest BCUT2D eigenvalue weighted by molar-refractivity contribution is 5.93. The number of aromatic nitrogens is 4. The van der Waals surface area contributed by atoms with E-state index in [1.807, 2.05) is 13.8 Å². The van der Waals surface area contributed by atoms with Gasteiger partial charge < -0.3 is 21.9 Å². The maximum Gasteiger partial charge on any atom is 0.280 e. The molecule has 0 fully saturated rings. The summed E-state index contributed by atoms with van der Waals surface area (Å²) in [6, 6.07) is 6.69. The number of hydrogen-bond donors (Lipinski definition) is 5. The maximum atomic E-state index is 11.8. The van der Waals surface area contributed by atoms with Crippen LogP contribution >= 0.6 is 0 Å². The highest BCUT2D eigenvalue weighted by atomic mass is 16.2. The summed E-state index contributed by atoms with van der Waals surface area (Å²) in [4.78, 5) is 37.4. The molecule has 0 bridgehead atoms. The molecule has 0 atom stereocenters. The summed E-state index contributed by atoms with van der Waals surface area (Å²) >= 11 is 0. The number of rotatable bonds is 4. The van der Waals surface area contributed by atoms with Gasteiger partial charge in [-0.1, -0.05) is 13.8 Å². The third kappa shape index (κ3) is 5.75. The van der Waals surface area contributed by atoms with E-state index in [1.165, 1.54) is 6.20 Å². The van der Waals surface area contributed by atoms with Gasteiger partial charge in [0, 0.05) is 18.4 Å². The van der Waals surface area contributed by atoms with Gasteiger partial charge in [0.25, 0.3) is 5.56 Å². The van der Waals surface area contributed by atoms with E-state index >= 15 is 0 Å². The van der Waals surface area contributed by atoms with Crippen LogP contribution in [0.25, 0.3) is 11.2 Å². The number of H-pyrrole nitrogens is 1. The summed E-state index contributed by atoms with van der Waals surface area (Å²) in [5.41, 5.74) is 12.3. The van der Waals surface area contributed by atoms with Gasteiger partial charge in [-0.2, -0.15) is 4.98 Å². The molecule has 0 aliphatic rings. The van der Waals surface area contributed by atoms with E-state index in [9.17, 15) is 9.59 Å². The molecule has 144 valence electrons. The van der Waals surface area contributed by atoms with E-state index in [1.54, 1.807) is 24.3 Å². The highest BCUT2D eigenvalue weighted by Crippen LogP contribution is 2.11. The van der Waals surface area contributed by atoms with Crippen molar-refractivity contribution in [3.63, 3.8) is 0 Å². The zero-order chi connectivity index (χ0) is 20.4. The molecular weight excluding hydrogens is 350 g/mol. The molecule has 0 spiro atoms. The average Bonchev–Trinajstić information content (AvgIpc) is 2.70. The average molecular weight is 373 g/mol. The van der Waals surface area contributed by atoms with Gasteiger partial charge in [-0.25, -0.2) is 9.97 Å². The number of aromatic amines is 1. The third-order valence-electron chi connectivity index (χ3n) is 3.13. The Balaban J connectivity index is 0.000000855. The van der Waals surface area contributed by atoms with Crippen molar-refractivity contribution in [1.29, 1.82) is 0 Å². The van der Waals surface area contributed by atoms with Crippen LogP contribution in [0.3, 0.4) is 0 Å². The molecular formula is C17H23N7O3. The Bertz CT molecular complexity index is 939. The van der Waals surface area contributed by atoms with E-state index in [4.69, 9.17) is 16.6 Å². The van der Waals surface area contributed by atoms with Crippen LogP contribution in [0.15, 0.2) is 35.3 Å². The topological polar surface area (TPSA) is 173 Å². The first-order valence-corrected chi connectivity index (χ1v) is 8.13. The van der Waals surface area contributed by atoms with Crippen LogP contribution in [0.4, 0.5) is 11.6 Å². The van der Waals surface area contributed by atoms with Crippen molar-refractivity contribution in [2.45, 2.75) is 20.4 Å². The summed E-state index contributed by atoms with van der Waals surface area (Å²) in [6.45, 7) is 4.35. The van der Waals surface area contributed by atoms with Crippen molar-refractivity contribution >= 4 is 28.7 Å². The summed E-state index contributed by atoms with van der Waals surface area (Å²) in [6.07, 6.45) is 1.51. The first kappa shape index (κ1) is 21.5. The molecule has 2 aromatic heterocycles. The minimum absolute atomic E-state index is 0.00258. The summed E-state index contributed by atoms with van der Waals surface area (Å²) in [7, 11) is 1.00. The van der Waals surface area contributed by atoms with E-state index in [2.05, 4.69) is 25.3 Å². The summed E-state index contributed by atoms with van der Waals surface area (Å²) < 4.78 is 0. The normalized spacial score (nSPS) is 9.48. The van der Waals surface area contributed by atoms with Crippen LogP contribution in [-0.4, -0.2) is 38.1 Å². The van der Waals surface area contributed by atoms with Gasteiger partial charge in [-0.3, -0.25) is 14.6 Å². The second-order valence-electron chi connectivity index (χ2n) is 4.78. The number of benzene rings is 1. The zero-order valence-electron chi connectivity index (χ0n) is 15.4. The number of aliphatic hydroxyl groups is 1. The Morgan fingerprint density at radius 1 is 1.19 bits per heavy atom. The van der Waals surface area contributed by atoms with E-state index in [-0.39, 0.29) is 17.1 Å².